The molecule has 0 aromatic carbocycles. The molecule has 8 nitrogen and oxygen atoms in total. The normalized spacial score (nSPS) is 10.9. The van der Waals surface area contributed by atoms with E-state index in [9.17, 15) is 4.79 Å². The highest BCUT2D eigenvalue weighted by atomic mass is 16.7. The van der Waals surface area contributed by atoms with Crippen molar-refractivity contribution in [3.8, 4) is 11.3 Å². The standard InChI is InChI=1S/C20H18N6O2/c1-25(28-2)20(27)16-9-18(15-6-4-8-22-11-15)24-19-17(16)12-23-26(19)13-14-5-3-7-21-10-14/h3-12H,13H2,1-2H3. The summed E-state index contributed by atoms with van der Waals surface area (Å²) in [5, 5.41) is 6.29. The zero-order chi connectivity index (χ0) is 19.5. The monoisotopic (exact) mass is 374 g/mol. The van der Waals surface area contributed by atoms with Gasteiger partial charge in [0.1, 0.15) is 0 Å². The number of fused-ring (bicyclic) bond motifs is 1. The zero-order valence-electron chi connectivity index (χ0n) is 15.5. The van der Waals surface area contributed by atoms with Crippen LogP contribution in [0.25, 0.3) is 22.3 Å². The maximum absolute atomic E-state index is 12.9. The molecule has 4 aromatic heterocycles. The van der Waals surface area contributed by atoms with Gasteiger partial charge in [0.2, 0.25) is 0 Å². The maximum atomic E-state index is 12.9. The first-order valence-corrected chi connectivity index (χ1v) is 8.65. The van der Waals surface area contributed by atoms with Gasteiger partial charge < -0.3 is 0 Å². The fourth-order valence-corrected chi connectivity index (χ4v) is 2.92. The number of aromatic nitrogens is 5. The van der Waals surface area contributed by atoms with Crippen molar-refractivity contribution in [1.82, 2.24) is 29.8 Å². The molecule has 0 aliphatic heterocycles. The van der Waals surface area contributed by atoms with E-state index < -0.39 is 0 Å². The highest BCUT2D eigenvalue weighted by Gasteiger charge is 2.20. The number of carbonyl (C=O) groups is 1. The lowest BCUT2D eigenvalue weighted by atomic mass is 10.1. The molecule has 0 saturated carbocycles. The second-order valence-corrected chi connectivity index (χ2v) is 6.18. The Hall–Kier alpha value is -3.65. The number of nitrogens with zero attached hydrogens (tertiary/aromatic N) is 6. The molecular weight excluding hydrogens is 356 g/mol. The van der Waals surface area contributed by atoms with Gasteiger partial charge in [-0.05, 0) is 29.8 Å². The van der Waals surface area contributed by atoms with Crippen molar-refractivity contribution in [2.45, 2.75) is 6.54 Å². The minimum Gasteiger partial charge on any atom is -0.274 e. The van der Waals surface area contributed by atoms with Crippen LogP contribution in [-0.2, 0) is 11.4 Å². The number of rotatable bonds is 5. The summed E-state index contributed by atoms with van der Waals surface area (Å²) >= 11 is 0. The molecular formula is C20H18N6O2. The molecule has 0 unspecified atom stereocenters. The van der Waals surface area contributed by atoms with Crippen molar-refractivity contribution in [1.29, 1.82) is 0 Å². The van der Waals surface area contributed by atoms with E-state index in [-0.39, 0.29) is 5.91 Å². The second kappa shape index (κ2) is 7.53. The molecule has 0 N–H and O–H groups in total. The molecule has 1 amide bonds. The van der Waals surface area contributed by atoms with Gasteiger partial charge in [0.15, 0.2) is 5.65 Å². The van der Waals surface area contributed by atoms with Crippen LogP contribution in [0.3, 0.4) is 0 Å². The zero-order valence-corrected chi connectivity index (χ0v) is 15.5. The Balaban J connectivity index is 1.88. The quantitative estimate of drug-likeness (QED) is 0.499. The van der Waals surface area contributed by atoms with Crippen molar-refractivity contribution >= 4 is 16.9 Å². The Bertz CT molecular complexity index is 1110. The molecule has 0 spiro atoms. The molecule has 8 heteroatoms. The average molecular weight is 374 g/mol. The molecule has 0 fully saturated rings. The van der Waals surface area contributed by atoms with Gasteiger partial charge in [-0.15, -0.1) is 0 Å². The van der Waals surface area contributed by atoms with Crippen LogP contribution >= 0.6 is 0 Å². The Morgan fingerprint density at radius 2 is 1.93 bits per heavy atom. The van der Waals surface area contributed by atoms with Crippen LogP contribution < -0.4 is 0 Å². The van der Waals surface area contributed by atoms with Crippen LogP contribution in [0.1, 0.15) is 15.9 Å². The fourth-order valence-electron chi connectivity index (χ4n) is 2.92. The van der Waals surface area contributed by atoms with Gasteiger partial charge in [-0.25, -0.2) is 14.7 Å². The third-order valence-electron chi connectivity index (χ3n) is 4.41. The topological polar surface area (TPSA) is 86.0 Å². The molecule has 0 bridgehead atoms. The third-order valence-corrected chi connectivity index (χ3v) is 4.41. The third kappa shape index (κ3) is 3.33. The van der Waals surface area contributed by atoms with Crippen LogP contribution in [0.2, 0.25) is 0 Å². The summed E-state index contributed by atoms with van der Waals surface area (Å²) < 4.78 is 1.76. The van der Waals surface area contributed by atoms with Crippen LogP contribution in [0.4, 0.5) is 0 Å². The Kier molecular flexibility index (Phi) is 4.77. The van der Waals surface area contributed by atoms with E-state index in [1.54, 1.807) is 48.8 Å². The SMILES string of the molecule is CON(C)C(=O)c1cc(-c2cccnc2)nc2c1cnn2Cc1cccnc1. The summed E-state index contributed by atoms with van der Waals surface area (Å²) in [6.45, 7) is 0.495. The highest BCUT2D eigenvalue weighted by molar-refractivity contribution is 6.06. The van der Waals surface area contributed by atoms with Crippen molar-refractivity contribution in [3.63, 3.8) is 0 Å². The number of pyridine rings is 3. The van der Waals surface area contributed by atoms with Crippen LogP contribution in [0, 0.1) is 0 Å². The average Bonchev–Trinajstić information content (AvgIpc) is 3.16. The van der Waals surface area contributed by atoms with E-state index >= 15 is 0 Å². The first-order chi connectivity index (χ1) is 13.7. The Labute approximate surface area is 161 Å². The van der Waals surface area contributed by atoms with E-state index in [1.807, 2.05) is 24.3 Å². The fraction of sp³-hybridized carbons (Fsp3) is 0.150. The molecule has 4 heterocycles. The van der Waals surface area contributed by atoms with Gasteiger partial charge in [0.05, 0.1) is 36.5 Å². The van der Waals surface area contributed by atoms with Crippen molar-refractivity contribution in [2.75, 3.05) is 14.2 Å². The molecule has 140 valence electrons. The van der Waals surface area contributed by atoms with Crippen molar-refractivity contribution < 1.29 is 9.63 Å². The van der Waals surface area contributed by atoms with Gasteiger partial charge in [0.25, 0.3) is 5.91 Å². The molecule has 0 radical (unpaired) electrons. The predicted octanol–water partition coefficient (Wildman–Crippen LogP) is 2.57. The van der Waals surface area contributed by atoms with Gasteiger partial charge in [0, 0.05) is 37.4 Å². The summed E-state index contributed by atoms with van der Waals surface area (Å²) in [5.41, 5.74) is 3.51. The van der Waals surface area contributed by atoms with E-state index in [1.165, 1.54) is 12.2 Å². The largest absolute Gasteiger partial charge is 0.278 e. The molecule has 0 aliphatic rings. The first-order valence-electron chi connectivity index (χ1n) is 8.65. The predicted molar refractivity (Wildman–Crippen MR) is 103 cm³/mol. The Morgan fingerprint density at radius 3 is 2.61 bits per heavy atom. The first kappa shape index (κ1) is 17.7. The van der Waals surface area contributed by atoms with Crippen LogP contribution in [0.5, 0.6) is 0 Å². The summed E-state index contributed by atoms with van der Waals surface area (Å²) in [7, 11) is 3.02. The lowest BCUT2D eigenvalue weighted by molar-refractivity contribution is -0.0755. The highest BCUT2D eigenvalue weighted by Crippen LogP contribution is 2.25. The molecule has 0 atom stereocenters. The van der Waals surface area contributed by atoms with E-state index in [4.69, 9.17) is 9.82 Å². The number of hydroxylamine groups is 2. The second-order valence-electron chi connectivity index (χ2n) is 6.18. The van der Waals surface area contributed by atoms with Crippen LogP contribution in [-0.4, -0.2) is 49.9 Å². The number of carbonyl (C=O) groups excluding carboxylic acids is 1. The lowest BCUT2D eigenvalue weighted by Gasteiger charge is -2.15. The molecule has 4 aromatic rings. The summed E-state index contributed by atoms with van der Waals surface area (Å²) in [6, 6.07) is 9.32. The van der Waals surface area contributed by atoms with Gasteiger partial charge in [-0.1, -0.05) is 6.07 Å². The van der Waals surface area contributed by atoms with Crippen LogP contribution in [0.15, 0.2) is 61.3 Å². The molecule has 28 heavy (non-hydrogen) atoms. The van der Waals surface area contributed by atoms with E-state index in [0.717, 1.165) is 11.1 Å². The molecule has 0 aliphatic carbocycles. The molecule has 0 saturated heterocycles. The number of hydrogen-bond acceptors (Lipinski definition) is 6. The van der Waals surface area contributed by atoms with E-state index in [2.05, 4.69) is 15.1 Å². The summed E-state index contributed by atoms with van der Waals surface area (Å²) in [4.78, 5) is 31.0. The maximum Gasteiger partial charge on any atom is 0.278 e. The van der Waals surface area contributed by atoms with Crippen molar-refractivity contribution in [3.05, 3.63) is 72.4 Å². The van der Waals surface area contributed by atoms with Gasteiger partial charge in [-0.3, -0.25) is 19.6 Å². The van der Waals surface area contributed by atoms with Gasteiger partial charge in [-0.2, -0.15) is 5.10 Å². The summed E-state index contributed by atoms with van der Waals surface area (Å²) in [6.07, 6.45) is 8.57. The van der Waals surface area contributed by atoms with Gasteiger partial charge >= 0.3 is 0 Å². The van der Waals surface area contributed by atoms with E-state index in [0.29, 0.717) is 28.8 Å². The minimum atomic E-state index is -0.277. The number of amides is 1. The minimum absolute atomic E-state index is 0.277. The lowest BCUT2D eigenvalue weighted by Crippen LogP contribution is -2.25. The summed E-state index contributed by atoms with van der Waals surface area (Å²) in [5.74, 6) is -0.277. The Morgan fingerprint density at radius 1 is 1.14 bits per heavy atom. The number of hydrogen-bond donors (Lipinski definition) is 0. The van der Waals surface area contributed by atoms with Crippen molar-refractivity contribution in [2.24, 2.45) is 0 Å². The molecule has 4 rings (SSSR count). The smallest absolute Gasteiger partial charge is 0.274 e.